The number of anilines is 1. The molecule has 0 aliphatic heterocycles. The van der Waals surface area contributed by atoms with Crippen molar-refractivity contribution in [2.24, 2.45) is 17.6 Å². The van der Waals surface area contributed by atoms with Gasteiger partial charge in [-0.15, -0.1) is 5.10 Å². The van der Waals surface area contributed by atoms with Gasteiger partial charge in [0.2, 0.25) is 0 Å². The van der Waals surface area contributed by atoms with Crippen LogP contribution in [0.3, 0.4) is 0 Å². The molecule has 10 nitrogen and oxygen atoms in total. The fourth-order valence-electron chi connectivity index (χ4n) is 7.88. The Morgan fingerprint density at radius 1 is 0.623 bits per heavy atom. The van der Waals surface area contributed by atoms with Crippen molar-refractivity contribution < 1.29 is 36.6 Å². The highest BCUT2D eigenvalue weighted by atomic mass is 35.5. The number of benzene rings is 2. The number of halogens is 7. The number of aromatic nitrogens is 6. The molecule has 2 aromatic carbocycles. The molecule has 0 atom stereocenters. The first kappa shape index (κ1) is 45.7. The smallest absolute Gasteiger partial charge is 0.390 e. The van der Waals surface area contributed by atoms with E-state index in [1.165, 1.54) is 29.0 Å². The summed E-state index contributed by atoms with van der Waals surface area (Å²) >= 11 is 5.80. The van der Waals surface area contributed by atoms with Crippen molar-refractivity contribution in [3.8, 4) is 22.5 Å². The van der Waals surface area contributed by atoms with Gasteiger partial charge in [-0.05, 0) is 139 Å². The van der Waals surface area contributed by atoms with Crippen molar-refractivity contribution >= 4 is 28.7 Å². The number of aliphatic hydroxyl groups is 2. The number of alkyl halides is 6. The van der Waals surface area contributed by atoms with Crippen molar-refractivity contribution in [1.82, 2.24) is 29.2 Å². The number of imidazole rings is 2. The minimum atomic E-state index is -4.40. The van der Waals surface area contributed by atoms with Crippen molar-refractivity contribution in [2.75, 3.05) is 5.32 Å². The second kappa shape index (κ2) is 18.3. The third-order valence-corrected chi connectivity index (χ3v) is 11.7. The van der Waals surface area contributed by atoms with Crippen LogP contribution >= 0.6 is 11.6 Å². The Balaban J connectivity index is 0.000000172. The molecule has 8 rings (SSSR count). The largest absolute Gasteiger partial charge is 0.416 e. The average Bonchev–Trinajstić information content (AvgIpc) is 3.82. The standard InChI is InChI=1S/C22H25F3N4O.C13H7ClF3N3.C9H19NO/c1-21(2,30)15-6-8-17(9-7-15)27-19-10-11-20-26-13-18(29(20)28-19)14-4-3-5-16(12-14)22(23,24)25;14-11-4-5-12-18-7-10(20(12)19-11)8-2-1-3-9(6-8)13(15,16)17;1-9(2,11)7-3-5-8(10)6-4-7/h3-5,10-13,15,17,30H,6-9H2,1-2H3,(H,27,28);1-7H;7-8,11H,3-6,10H2,1-2H3. The second-order valence-electron chi connectivity index (χ2n) is 17.0. The van der Waals surface area contributed by atoms with E-state index in [0.29, 0.717) is 51.6 Å². The summed E-state index contributed by atoms with van der Waals surface area (Å²) < 4.78 is 80.4. The van der Waals surface area contributed by atoms with Gasteiger partial charge in [-0.25, -0.2) is 19.0 Å². The summed E-state index contributed by atoms with van der Waals surface area (Å²) in [7, 11) is 0. The summed E-state index contributed by atoms with van der Waals surface area (Å²) in [5, 5.41) is 32.2. The molecule has 0 saturated heterocycles. The number of fused-ring (bicyclic) bond motifs is 2. The van der Waals surface area contributed by atoms with E-state index in [2.05, 4.69) is 25.5 Å². The lowest BCUT2D eigenvalue weighted by atomic mass is 9.77. The number of nitrogens with one attached hydrogen (secondary N) is 1. The maximum atomic E-state index is 13.1. The van der Waals surface area contributed by atoms with Gasteiger partial charge in [0.25, 0.3) is 0 Å². The van der Waals surface area contributed by atoms with Gasteiger partial charge in [-0.2, -0.15) is 31.4 Å². The molecule has 0 radical (unpaired) electrons. The van der Waals surface area contributed by atoms with Crippen LogP contribution in [0, 0.1) is 11.8 Å². The van der Waals surface area contributed by atoms with Gasteiger partial charge in [0, 0.05) is 23.2 Å². The maximum Gasteiger partial charge on any atom is 0.416 e. The van der Waals surface area contributed by atoms with Crippen molar-refractivity contribution in [3.63, 3.8) is 0 Å². The zero-order valence-corrected chi connectivity index (χ0v) is 35.1. The summed E-state index contributed by atoms with van der Waals surface area (Å²) in [5.74, 6) is 1.40. The Hall–Kier alpha value is -4.77. The highest BCUT2D eigenvalue weighted by Gasteiger charge is 2.33. The maximum absolute atomic E-state index is 13.1. The van der Waals surface area contributed by atoms with E-state index >= 15 is 0 Å². The lowest BCUT2D eigenvalue weighted by molar-refractivity contribution is -0.138. The van der Waals surface area contributed by atoms with Crippen LogP contribution in [-0.2, 0) is 12.4 Å². The number of rotatable bonds is 6. The van der Waals surface area contributed by atoms with Crippen LogP contribution in [0.4, 0.5) is 32.2 Å². The first-order chi connectivity index (χ1) is 28.6. The van der Waals surface area contributed by atoms with E-state index in [9.17, 15) is 36.6 Å². The number of nitrogens with zero attached hydrogens (tertiary/aromatic N) is 6. The van der Waals surface area contributed by atoms with E-state index in [1.807, 2.05) is 33.8 Å². The van der Waals surface area contributed by atoms with Crippen LogP contribution in [0.2, 0.25) is 5.15 Å². The van der Waals surface area contributed by atoms with Crippen LogP contribution in [0.1, 0.15) is 90.2 Å². The molecular formula is C44H51ClF6N8O2. The van der Waals surface area contributed by atoms with Gasteiger partial charge in [0.15, 0.2) is 11.3 Å². The minimum absolute atomic E-state index is 0.240. The van der Waals surface area contributed by atoms with E-state index in [0.717, 1.165) is 75.6 Å². The molecule has 6 aromatic rings. The second-order valence-corrected chi connectivity index (χ2v) is 17.4. The van der Waals surface area contributed by atoms with Crippen LogP contribution < -0.4 is 11.1 Å². The molecule has 4 aromatic heterocycles. The molecule has 0 unspecified atom stereocenters. The Morgan fingerprint density at radius 3 is 1.52 bits per heavy atom. The first-order valence-corrected chi connectivity index (χ1v) is 20.6. The van der Waals surface area contributed by atoms with Crippen LogP contribution in [0.25, 0.3) is 33.8 Å². The molecule has 328 valence electrons. The van der Waals surface area contributed by atoms with Crippen LogP contribution in [0.5, 0.6) is 0 Å². The van der Waals surface area contributed by atoms with Gasteiger partial charge < -0.3 is 21.3 Å². The van der Waals surface area contributed by atoms with Crippen LogP contribution in [-0.4, -0.2) is 62.7 Å². The van der Waals surface area contributed by atoms with Gasteiger partial charge in [0.05, 0.1) is 46.1 Å². The Morgan fingerprint density at radius 2 is 1.07 bits per heavy atom. The summed E-state index contributed by atoms with van der Waals surface area (Å²) in [4.78, 5) is 8.36. The summed E-state index contributed by atoms with van der Waals surface area (Å²) in [6.45, 7) is 7.51. The SMILES string of the molecule is CC(C)(O)C1CCC(N)CC1.CC(C)(O)C1CCC(Nc2ccc3ncc(-c4cccc(C(F)(F)F)c4)n3n2)CC1.FC(F)(F)c1cccc(-c2cnc3ccc(Cl)nn23)c1. The summed E-state index contributed by atoms with van der Waals surface area (Å²) in [6, 6.07) is 17.7. The Bertz CT molecular complexity index is 2390. The third-order valence-electron chi connectivity index (χ3n) is 11.5. The third kappa shape index (κ3) is 11.8. The fourth-order valence-corrected chi connectivity index (χ4v) is 8.02. The van der Waals surface area contributed by atoms with Crippen molar-refractivity contribution in [2.45, 2.75) is 115 Å². The predicted molar refractivity (Wildman–Crippen MR) is 224 cm³/mol. The molecular weight excluding hydrogens is 822 g/mol. The zero-order chi connectivity index (χ0) is 44.3. The highest BCUT2D eigenvalue weighted by molar-refractivity contribution is 6.29. The summed E-state index contributed by atoms with van der Waals surface area (Å²) in [6.07, 6.45) is 2.27. The topological polar surface area (TPSA) is 139 Å². The molecule has 17 heteroatoms. The molecule has 2 aliphatic rings. The van der Waals surface area contributed by atoms with Crippen molar-refractivity contribution in [3.05, 3.63) is 101 Å². The lowest BCUT2D eigenvalue weighted by Gasteiger charge is -2.36. The quantitative estimate of drug-likeness (QED) is 0.121. The number of hydrogen-bond acceptors (Lipinski definition) is 8. The molecule has 0 amide bonds. The monoisotopic (exact) mass is 872 g/mol. The first-order valence-electron chi connectivity index (χ1n) is 20.2. The molecule has 0 bridgehead atoms. The van der Waals surface area contributed by atoms with Gasteiger partial charge in [-0.1, -0.05) is 35.9 Å². The fraction of sp³-hybridized carbons (Fsp3) is 0.455. The number of hydrogen-bond donors (Lipinski definition) is 4. The number of nitrogens with two attached hydrogens (primary N) is 1. The summed E-state index contributed by atoms with van der Waals surface area (Å²) in [5.41, 5.74) is 6.00. The Kier molecular flexibility index (Phi) is 13.7. The molecule has 5 N–H and O–H groups in total. The van der Waals surface area contributed by atoms with E-state index in [-0.39, 0.29) is 17.1 Å². The zero-order valence-electron chi connectivity index (χ0n) is 34.3. The average molecular weight is 873 g/mol. The molecule has 4 heterocycles. The van der Waals surface area contributed by atoms with E-state index in [1.54, 1.807) is 34.8 Å². The van der Waals surface area contributed by atoms with Crippen molar-refractivity contribution in [1.29, 1.82) is 0 Å². The molecule has 2 fully saturated rings. The van der Waals surface area contributed by atoms with Gasteiger partial charge >= 0.3 is 12.4 Å². The minimum Gasteiger partial charge on any atom is -0.390 e. The highest BCUT2D eigenvalue weighted by Crippen LogP contribution is 2.36. The lowest BCUT2D eigenvalue weighted by Crippen LogP contribution is -2.37. The predicted octanol–water partition coefficient (Wildman–Crippen LogP) is 10.5. The molecule has 2 saturated carbocycles. The molecule has 0 spiro atoms. The van der Waals surface area contributed by atoms with Gasteiger partial charge in [-0.3, -0.25) is 0 Å². The normalized spacial score (nSPS) is 20.1. The van der Waals surface area contributed by atoms with E-state index < -0.39 is 34.7 Å². The van der Waals surface area contributed by atoms with Gasteiger partial charge in [0.1, 0.15) is 11.0 Å². The van der Waals surface area contributed by atoms with Crippen LogP contribution in [0.15, 0.2) is 85.2 Å². The molecule has 61 heavy (non-hydrogen) atoms. The Labute approximate surface area is 355 Å². The van der Waals surface area contributed by atoms with E-state index in [4.69, 9.17) is 17.3 Å². The molecule has 2 aliphatic carbocycles.